The van der Waals surface area contributed by atoms with Gasteiger partial charge in [-0.1, -0.05) is 70.2 Å². The van der Waals surface area contributed by atoms with Crippen LogP contribution in [-0.2, 0) is 10.8 Å². The minimum atomic E-state index is -0.258. The molecular weight excluding hydrogens is 372 g/mol. The van der Waals surface area contributed by atoms with Gasteiger partial charge in [0.15, 0.2) is 0 Å². The number of benzene rings is 3. The lowest BCUT2D eigenvalue weighted by atomic mass is 9.74. The number of hydrogen-bond acceptors (Lipinski definition) is 3. The summed E-state index contributed by atoms with van der Waals surface area (Å²) in [5, 5.41) is 29.0. The number of phenolic OH excluding ortho intramolecular Hbond substituents is 3. The van der Waals surface area contributed by atoms with Gasteiger partial charge in [-0.05, 0) is 70.5 Å². The smallest absolute Gasteiger partial charge is 0.115 e. The highest BCUT2D eigenvalue weighted by molar-refractivity contribution is 5.69. The molecule has 0 amide bonds. The molecule has 3 nitrogen and oxygen atoms in total. The van der Waals surface area contributed by atoms with Gasteiger partial charge in [-0.2, -0.15) is 0 Å². The SMILES string of the molecule is CC(C)(/C=C(\CC(C)(C)c1ccc(O)cc1)c1ccc(O)cc1)c1ccc(O)cc1. The lowest BCUT2D eigenvalue weighted by Crippen LogP contribution is -2.20. The minimum absolute atomic E-state index is 0.164. The van der Waals surface area contributed by atoms with Gasteiger partial charge >= 0.3 is 0 Å². The van der Waals surface area contributed by atoms with Crippen LogP contribution in [0, 0.1) is 0 Å². The van der Waals surface area contributed by atoms with E-state index in [1.165, 1.54) is 5.57 Å². The number of allylic oxidation sites excluding steroid dienone is 2. The first-order chi connectivity index (χ1) is 14.1. The fourth-order valence-corrected chi connectivity index (χ4v) is 3.81. The molecule has 0 aliphatic carbocycles. The topological polar surface area (TPSA) is 60.7 Å². The van der Waals surface area contributed by atoms with E-state index < -0.39 is 0 Å². The molecule has 3 aromatic rings. The van der Waals surface area contributed by atoms with Gasteiger partial charge < -0.3 is 15.3 Å². The summed E-state index contributed by atoms with van der Waals surface area (Å²) in [5.74, 6) is 0.761. The van der Waals surface area contributed by atoms with Crippen molar-refractivity contribution in [2.45, 2.75) is 44.9 Å². The van der Waals surface area contributed by atoms with E-state index in [-0.39, 0.29) is 28.1 Å². The summed E-state index contributed by atoms with van der Waals surface area (Å²) >= 11 is 0. The molecule has 0 spiro atoms. The second-order valence-electron chi connectivity index (χ2n) is 9.09. The van der Waals surface area contributed by atoms with Crippen LogP contribution in [0.5, 0.6) is 17.2 Å². The molecule has 0 radical (unpaired) electrons. The average molecular weight is 403 g/mol. The Morgan fingerprint density at radius 2 is 1.03 bits per heavy atom. The van der Waals surface area contributed by atoms with Crippen LogP contribution in [0.2, 0.25) is 0 Å². The Bertz CT molecular complexity index is 1010. The maximum Gasteiger partial charge on any atom is 0.115 e. The van der Waals surface area contributed by atoms with Crippen molar-refractivity contribution in [3.8, 4) is 17.2 Å². The molecule has 3 heteroatoms. The van der Waals surface area contributed by atoms with E-state index in [0.29, 0.717) is 0 Å². The number of phenols is 3. The van der Waals surface area contributed by atoms with Gasteiger partial charge in [-0.3, -0.25) is 0 Å². The zero-order valence-electron chi connectivity index (χ0n) is 18.1. The minimum Gasteiger partial charge on any atom is -0.508 e. The summed E-state index contributed by atoms with van der Waals surface area (Å²) in [4.78, 5) is 0. The third-order valence-electron chi connectivity index (χ3n) is 5.67. The molecule has 3 rings (SSSR count). The Labute approximate surface area is 179 Å². The molecule has 3 N–H and O–H groups in total. The van der Waals surface area contributed by atoms with Crippen LogP contribution in [0.25, 0.3) is 5.57 Å². The van der Waals surface area contributed by atoms with Crippen molar-refractivity contribution < 1.29 is 15.3 Å². The number of aromatic hydroxyl groups is 3. The predicted octanol–water partition coefficient (Wildman–Crippen LogP) is 6.53. The first kappa shape index (κ1) is 21.5. The quantitative estimate of drug-likeness (QED) is 0.439. The zero-order chi connectivity index (χ0) is 21.9. The first-order valence-electron chi connectivity index (χ1n) is 10.2. The molecule has 0 fully saturated rings. The Morgan fingerprint density at radius 1 is 0.633 bits per heavy atom. The van der Waals surface area contributed by atoms with Crippen molar-refractivity contribution >= 4 is 5.57 Å². The van der Waals surface area contributed by atoms with E-state index in [1.807, 2.05) is 36.4 Å². The van der Waals surface area contributed by atoms with Crippen molar-refractivity contribution in [2.75, 3.05) is 0 Å². The number of hydrogen-bond donors (Lipinski definition) is 3. The van der Waals surface area contributed by atoms with E-state index >= 15 is 0 Å². The highest BCUT2D eigenvalue weighted by atomic mass is 16.3. The monoisotopic (exact) mass is 402 g/mol. The normalized spacial score (nSPS) is 12.7. The van der Waals surface area contributed by atoms with Crippen molar-refractivity contribution in [3.63, 3.8) is 0 Å². The van der Waals surface area contributed by atoms with Crippen LogP contribution in [0.1, 0.15) is 50.8 Å². The Morgan fingerprint density at radius 3 is 1.50 bits per heavy atom. The van der Waals surface area contributed by atoms with Crippen molar-refractivity contribution in [2.24, 2.45) is 0 Å². The van der Waals surface area contributed by atoms with Gasteiger partial charge in [-0.15, -0.1) is 0 Å². The predicted molar refractivity (Wildman–Crippen MR) is 123 cm³/mol. The second-order valence-corrected chi connectivity index (χ2v) is 9.09. The molecule has 3 aromatic carbocycles. The molecule has 156 valence electrons. The lowest BCUT2D eigenvalue weighted by molar-refractivity contribution is 0.473. The molecule has 0 heterocycles. The van der Waals surface area contributed by atoms with E-state index in [0.717, 1.165) is 23.1 Å². The molecule has 0 atom stereocenters. The Kier molecular flexibility index (Phi) is 5.93. The van der Waals surface area contributed by atoms with Gasteiger partial charge in [-0.25, -0.2) is 0 Å². The van der Waals surface area contributed by atoms with Crippen LogP contribution in [-0.4, -0.2) is 15.3 Å². The third kappa shape index (κ3) is 5.04. The standard InChI is InChI=1S/C27H30O3/c1-26(2,21-7-13-24(29)14-8-21)17-20(19-5-11-23(28)12-6-19)18-27(3,4)22-9-15-25(30)16-10-22/h5-17,28-30H,18H2,1-4H3/b20-17+. The van der Waals surface area contributed by atoms with E-state index in [4.69, 9.17) is 0 Å². The van der Waals surface area contributed by atoms with E-state index in [2.05, 4.69) is 33.8 Å². The Balaban J connectivity index is 2.04. The second kappa shape index (κ2) is 8.27. The molecular formula is C27H30O3. The van der Waals surface area contributed by atoms with Gasteiger partial charge in [0.2, 0.25) is 0 Å². The van der Waals surface area contributed by atoms with Crippen LogP contribution in [0.3, 0.4) is 0 Å². The molecule has 0 bridgehead atoms. The molecule has 0 aliphatic rings. The fraction of sp³-hybridized carbons (Fsp3) is 0.259. The average Bonchev–Trinajstić information content (AvgIpc) is 2.68. The summed E-state index contributed by atoms with van der Waals surface area (Å²) in [7, 11) is 0. The van der Waals surface area contributed by atoms with Crippen LogP contribution >= 0.6 is 0 Å². The lowest BCUT2D eigenvalue weighted by Gasteiger charge is -2.30. The van der Waals surface area contributed by atoms with E-state index in [9.17, 15) is 15.3 Å². The summed E-state index contributed by atoms with van der Waals surface area (Å²) in [5.41, 5.74) is 4.07. The van der Waals surface area contributed by atoms with Crippen LogP contribution in [0.4, 0.5) is 0 Å². The van der Waals surface area contributed by atoms with Gasteiger partial charge in [0.1, 0.15) is 17.2 Å². The maximum atomic E-state index is 9.74. The largest absolute Gasteiger partial charge is 0.508 e. The summed E-state index contributed by atoms with van der Waals surface area (Å²) in [6.45, 7) is 8.71. The number of rotatable bonds is 6. The van der Waals surface area contributed by atoms with Gasteiger partial charge in [0, 0.05) is 5.41 Å². The highest BCUT2D eigenvalue weighted by Crippen LogP contribution is 2.38. The summed E-state index contributed by atoms with van der Waals surface area (Å²) in [6, 6.07) is 22.0. The molecule has 30 heavy (non-hydrogen) atoms. The van der Waals surface area contributed by atoms with Gasteiger partial charge in [0.05, 0.1) is 0 Å². The summed E-state index contributed by atoms with van der Waals surface area (Å²) in [6.07, 6.45) is 3.05. The summed E-state index contributed by atoms with van der Waals surface area (Å²) < 4.78 is 0. The van der Waals surface area contributed by atoms with Crippen molar-refractivity contribution in [3.05, 3.63) is 95.6 Å². The fourth-order valence-electron chi connectivity index (χ4n) is 3.81. The van der Waals surface area contributed by atoms with E-state index in [1.54, 1.807) is 36.4 Å². The third-order valence-corrected chi connectivity index (χ3v) is 5.67. The van der Waals surface area contributed by atoms with Crippen molar-refractivity contribution in [1.82, 2.24) is 0 Å². The molecule has 0 saturated carbocycles. The highest BCUT2D eigenvalue weighted by Gasteiger charge is 2.26. The van der Waals surface area contributed by atoms with Crippen LogP contribution in [0.15, 0.2) is 78.9 Å². The molecule has 0 unspecified atom stereocenters. The zero-order valence-corrected chi connectivity index (χ0v) is 18.1. The molecule has 0 aliphatic heterocycles. The van der Waals surface area contributed by atoms with Gasteiger partial charge in [0.25, 0.3) is 0 Å². The Hall–Kier alpha value is -3.20. The van der Waals surface area contributed by atoms with Crippen LogP contribution < -0.4 is 0 Å². The maximum absolute atomic E-state index is 9.74. The molecule has 0 saturated heterocycles. The molecule has 0 aromatic heterocycles. The van der Waals surface area contributed by atoms with Crippen molar-refractivity contribution in [1.29, 1.82) is 0 Å². The first-order valence-corrected chi connectivity index (χ1v) is 10.2.